The topological polar surface area (TPSA) is 33.0 Å². The normalized spacial score (nSPS) is 19.1. The van der Waals surface area contributed by atoms with E-state index in [0.29, 0.717) is 13.2 Å². The molecule has 0 saturated carbocycles. The highest BCUT2D eigenvalue weighted by atomic mass is 79.9. The van der Waals surface area contributed by atoms with E-state index in [0.717, 1.165) is 10.9 Å². The maximum Gasteiger partial charge on any atom is 0.109 e. The second kappa shape index (κ2) is 3.41. The Labute approximate surface area is 89.3 Å². The molecule has 2 rings (SSSR count). The van der Waals surface area contributed by atoms with Crippen molar-refractivity contribution in [3.8, 4) is 6.07 Å². The van der Waals surface area contributed by atoms with Crippen molar-refractivity contribution in [1.29, 1.82) is 5.26 Å². The molecule has 0 N–H and O–H groups in total. The SMILES string of the molecule is N#CC1(Cc2cc(Br)cs2)COC1. The third kappa shape index (κ3) is 1.78. The van der Waals surface area contributed by atoms with Crippen LogP contribution in [0.4, 0.5) is 0 Å². The molecule has 0 aromatic carbocycles. The molecule has 0 radical (unpaired) electrons. The zero-order chi connectivity index (χ0) is 9.31. The summed E-state index contributed by atoms with van der Waals surface area (Å²) in [5, 5.41) is 11.0. The smallest absolute Gasteiger partial charge is 0.109 e. The van der Waals surface area contributed by atoms with E-state index in [2.05, 4.69) is 28.1 Å². The molecule has 1 saturated heterocycles. The van der Waals surface area contributed by atoms with Crippen LogP contribution in [0.3, 0.4) is 0 Å². The number of hydrogen-bond donors (Lipinski definition) is 0. The van der Waals surface area contributed by atoms with E-state index in [1.54, 1.807) is 11.3 Å². The van der Waals surface area contributed by atoms with Crippen LogP contribution in [-0.2, 0) is 11.2 Å². The lowest BCUT2D eigenvalue weighted by Crippen LogP contribution is -2.42. The molecular formula is C9H8BrNOS. The molecule has 0 atom stereocenters. The van der Waals surface area contributed by atoms with E-state index >= 15 is 0 Å². The lowest BCUT2D eigenvalue weighted by molar-refractivity contribution is -0.0761. The molecule has 1 aromatic heterocycles. The molecule has 0 unspecified atom stereocenters. The van der Waals surface area contributed by atoms with E-state index in [9.17, 15) is 0 Å². The van der Waals surface area contributed by atoms with Crippen molar-refractivity contribution in [1.82, 2.24) is 0 Å². The minimum atomic E-state index is -0.246. The van der Waals surface area contributed by atoms with Crippen LogP contribution in [0.5, 0.6) is 0 Å². The van der Waals surface area contributed by atoms with Gasteiger partial charge < -0.3 is 4.74 Å². The van der Waals surface area contributed by atoms with Crippen LogP contribution < -0.4 is 0 Å². The summed E-state index contributed by atoms with van der Waals surface area (Å²) in [6.07, 6.45) is 0.819. The maximum absolute atomic E-state index is 8.97. The first-order valence-corrected chi connectivity index (χ1v) is 5.63. The predicted octanol–water partition coefficient (Wildman–Crippen LogP) is 2.59. The molecule has 1 aliphatic heterocycles. The van der Waals surface area contributed by atoms with Crippen molar-refractivity contribution in [2.24, 2.45) is 5.41 Å². The Morgan fingerprint density at radius 3 is 2.85 bits per heavy atom. The van der Waals surface area contributed by atoms with Crippen molar-refractivity contribution in [3.63, 3.8) is 0 Å². The van der Waals surface area contributed by atoms with E-state index < -0.39 is 0 Å². The van der Waals surface area contributed by atoms with Crippen LogP contribution in [0.2, 0.25) is 0 Å². The molecule has 1 aliphatic rings. The number of nitriles is 1. The quantitative estimate of drug-likeness (QED) is 0.816. The Bertz CT molecular complexity index is 351. The fourth-order valence-corrected chi connectivity index (χ4v) is 2.93. The Kier molecular flexibility index (Phi) is 2.41. The van der Waals surface area contributed by atoms with Gasteiger partial charge in [-0.2, -0.15) is 5.26 Å². The summed E-state index contributed by atoms with van der Waals surface area (Å²) < 4.78 is 6.18. The molecule has 68 valence electrons. The highest BCUT2D eigenvalue weighted by Gasteiger charge is 2.39. The third-order valence-electron chi connectivity index (χ3n) is 2.13. The number of ether oxygens (including phenoxy) is 1. The molecule has 2 heterocycles. The van der Waals surface area contributed by atoms with Crippen LogP contribution >= 0.6 is 27.3 Å². The van der Waals surface area contributed by atoms with E-state index in [-0.39, 0.29) is 5.41 Å². The molecule has 2 nitrogen and oxygen atoms in total. The third-order valence-corrected chi connectivity index (χ3v) is 3.83. The molecule has 0 bridgehead atoms. The first-order chi connectivity index (χ1) is 6.24. The van der Waals surface area contributed by atoms with Gasteiger partial charge in [0, 0.05) is 21.2 Å². The summed E-state index contributed by atoms with van der Waals surface area (Å²) in [4.78, 5) is 1.25. The molecule has 0 aliphatic carbocycles. The van der Waals surface area contributed by atoms with Crippen LogP contribution in [-0.4, -0.2) is 13.2 Å². The maximum atomic E-state index is 8.97. The Morgan fingerprint density at radius 2 is 2.46 bits per heavy atom. The highest BCUT2D eigenvalue weighted by Crippen LogP contribution is 2.33. The van der Waals surface area contributed by atoms with Crippen molar-refractivity contribution in [3.05, 3.63) is 20.8 Å². The van der Waals surface area contributed by atoms with Crippen LogP contribution in [0.25, 0.3) is 0 Å². The molecule has 0 amide bonds. The van der Waals surface area contributed by atoms with Gasteiger partial charge >= 0.3 is 0 Å². The minimum Gasteiger partial charge on any atom is -0.378 e. The lowest BCUT2D eigenvalue weighted by Gasteiger charge is -2.34. The fraction of sp³-hybridized carbons (Fsp3) is 0.444. The van der Waals surface area contributed by atoms with Gasteiger partial charge in [0.05, 0.1) is 19.3 Å². The van der Waals surface area contributed by atoms with E-state index in [4.69, 9.17) is 10.00 Å². The van der Waals surface area contributed by atoms with Gasteiger partial charge in [-0.15, -0.1) is 11.3 Å². The van der Waals surface area contributed by atoms with Crippen LogP contribution in [0, 0.1) is 16.7 Å². The van der Waals surface area contributed by atoms with E-state index in [1.165, 1.54) is 4.88 Å². The summed E-state index contributed by atoms with van der Waals surface area (Å²) in [7, 11) is 0. The molecule has 4 heteroatoms. The van der Waals surface area contributed by atoms with Crippen molar-refractivity contribution >= 4 is 27.3 Å². The van der Waals surface area contributed by atoms with Gasteiger partial charge in [0.25, 0.3) is 0 Å². The fourth-order valence-electron chi connectivity index (χ4n) is 1.33. The molecule has 13 heavy (non-hydrogen) atoms. The Morgan fingerprint density at radius 1 is 1.69 bits per heavy atom. The zero-order valence-electron chi connectivity index (χ0n) is 6.92. The average Bonchev–Trinajstić information content (AvgIpc) is 2.44. The van der Waals surface area contributed by atoms with Crippen molar-refractivity contribution < 1.29 is 4.74 Å². The van der Waals surface area contributed by atoms with Crippen molar-refractivity contribution in [2.75, 3.05) is 13.2 Å². The molecule has 0 spiro atoms. The second-order valence-electron chi connectivity index (χ2n) is 3.29. The summed E-state index contributed by atoms with van der Waals surface area (Å²) >= 11 is 5.09. The van der Waals surface area contributed by atoms with Gasteiger partial charge in [0.2, 0.25) is 0 Å². The van der Waals surface area contributed by atoms with Gasteiger partial charge in [-0.05, 0) is 22.0 Å². The molecule has 1 fully saturated rings. The van der Waals surface area contributed by atoms with Crippen LogP contribution in [0.1, 0.15) is 4.88 Å². The predicted molar refractivity (Wildman–Crippen MR) is 54.6 cm³/mol. The first-order valence-electron chi connectivity index (χ1n) is 3.96. The summed E-state index contributed by atoms with van der Waals surface area (Å²) in [6, 6.07) is 4.41. The van der Waals surface area contributed by atoms with Gasteiger partial charge in [-0.25, -0.2) is 0 Å². The number of hydrogen-bond acceptors (Lipinski definition) is 3. The largest absolute Gasteiger partial charge is 0.378 e. The van der Waals surface area contributed by atoms with Crippen LogP contribution in [0.15, 0.2) is 15.9 Å². The zero-order valence-corrected chi connectivity index (χ0v) is 9.32. The molecule has 1 aromatic rings. The molecular weight excluding hydrogens is 250 g/mol. The van der Waals surface area contributed by atoms with Gasteiger partial charge in [-0.3, -0.25) is 0 Å². The van der Waals surface area contributed by atoms with Gasteiger partial charge in [0.1, 0.15) is 5.41 Å². The average molecular weight is 258 g/mol. The second-order valence-corrected chi connectivity index (χ2v) is 5.20. The standard InChI is InChI=1S/C9H8BrNOS/c10-7-1-8(13-3-7)2-9(4-11)5-12-6-9/h1,3H,2,5-6H2. The summed E-state index contributed by atoms with van der Waals surface area (Å²) in [6.45, 7) is 1.16. The van der Waals surface area contributed by atoms with Crippen molar-refractivity contribution in [2.45, 2.75) is 6.42 Å². The summed E-state index contributed by atoms with van der Waals surface area (Å²) in [5.74, 6) is 0. The summed E-state index contributed by atoms with van der Waals surface area (Å²) in [5.41, 5.74) is -0.246. The Hall–Kier alpha value is -0.370. The van der Waals surface area contributed by atoms with Gasteiger partial charge in [-0.1, -0.05) is 0 Å². The highest BCUT2D eigenvalue weighted by molar-refractivity contribution is 9.10. The Balaban J connectivity index is 2.09. The van der Waals surface area contributed by atoms with Gasteiger partial charge in [0.15, 0.2) is 0 Å². The number of rotatable bonds is 2. The first kappa shape index (κ1) is 9.20. The number of nitrogens with zero attached hydrogens (tertiary/aromatic N) is 1. The monoisotopic (exact) mass is 257 g/mol. The number of halogens is 1. The van der Waals surface area contributed by atoms with E-state index in [1.807, 2.05) is 5.38 Å². The lowest BCUT2D eigenvalue weighted by atomic mass is 9.84. The minimum absolute atomic E-state index is 0.246. The number of thiophene rings is 1.